The van der Waals surface area contributed by atoms with Crippen LogP contribution in [0.4, 0.5) is 0 Å². The molecule has 0 atom stereocenters. The third kappa shape index (κ3) is 2.89. The summed E-state index contributed by atoms with van der Waals surface area (Å²) >= 11 is 0. The molecule has 104 valence electrons. The summed E-state index contributed by atoms with van der Waals surface area (Å²) in [6, 6.07) is 0. The summed E-state index contributed by atoms with van der Waals surface area (Å²) in [5.74, 6) is 0. The van der Waals surface area contributed by atoms with Crippen LogP contribution in [0.3, 0.4) is 0 Å². The van der Waals surface area contributed by atoms with Crippen LogP contribution in [0, 0.1) is 6.92 Å². The summed E-state index contributed by atoms with van der Waals surface area (Å²) < 4.78 is 6.61. The molecule has 2 N–H and O–H groups in total. The van der Waals surface area contributed by atoms with E-state index in [1.54, 1.807) is 6.92 Å². The molecule has 0 aromatic carbocycles. The zero-order chi connectivity index (χ0) is 13.8. The predicted molar refractivity (Wildman–Crippen MR) is 74.6 cm³/mol. The van der Waals surface area contributed by atoms with E-state index in [-0.39, 0.29) is 25.5 Å². The van der Waals surface area contributed by atoms with E-state index in [1.165, 1.54) is 4.57 Å². The van der Waals surface area contributed by atoms with Crippen LogP contribution < -0.4 is 11.2 Å². The van der Waals surface area contributed by atoms with Gasteiger partial charge in [0, 0.05) is 5.56 Å². The number of aliphatic hydroxyl groups excluding tert-OH is 1. The van der Waals surface area contributed by atoms with Gasteiger partial charge in [-0.15, -0.1) is 0 Å². The molecule has 1 aliphatic rings. The highest BCUT2D eigenvalue weighted by Crippen LogP contribution is 2.42. The van der Waals surface area contributed by atoms with Crippen molar-refractivity contribution in [2.75, 3.05) is 13.2 Å². The van der Waals surface area contributed by atoms with Gasteiger partial charge < -0.3 is 9.84 Å². The molecule has 0 fully saturated rings. The van der Waals surface area contributed by atoms with Gasteiger partial charge in [0.2, 0.25) is 0 Å². The van der Waals surface area contributed by atoms with Gasteiger partial charge in [0.15, 0.2) is 0 Å². The second-order valence-corrected chi connectivity index (χ2v) is 5.82. The number of H-pyrrole nitrogens is 1. The number of aromatic nitrogens is 2. The second-order valence-electron chi connectivity index (χ2n) is 3.99. The predicted octanol–water partition coefficient (Wildman–Crippen LogP) is 0.213. The number of thiol groups is 1. The minimum Gasteiger partial charge on any atom is -0.394 e. The van der Waals surface area contributed by atoms with E-state index in [4.69, 9.17) is 9.84 Å². The highest BCUT2D eigenvalue weighted by atomic mass is 32.2. The van der Waals surface area contributed by atoms with E-state index < -0.39 is 16.6 Å². The number of allylic oxidation sites excluding steroid dienone is 2. The van der Waals surface area contributed by atoms with Gasteiger partial charge in [0.1, 0.15) is 6.73 Å². The fourth-order valence-corrected chi connectivity index (χ4v) is 3.68. The molecule has 0 radical (unpaired) electrons. The summed E-state index contributed by atoms with van der Waals surface area (Å²) in [5.41, 5.74) is -0.330. The molecule has 6 nitrogen and oxygen atoms in total. The maximum Gasteiger partial charge on any atom is 0.331 e. The Hall–Kier alpha value is -1.57. The van der Waals surface area contributed by atoms with Gasteiger partial charge in [-0.1, -0.05) is 12.2 Å². The van der Waals surface area contributed by atoms with Crippen LogP contribution in [-0.2, 0) is 11.5 Å². The SMILES string of the molecule is Cc1c([SH]2C=CC=C2)n(COCCO)c(=O)[nH]c1=O. The molecule has 0 unspecified atom stereocenters. The fourth-order valence-electron chi connectivity index (χ4n) is 1.81. The molecule has 0 aliphatic carbocycles. The fraction of sp³-hybridized carbons (Fsp3) is 0.333. The van der Waals surface area contributed by atoms with E-state index in [9.17, 15) is 9.59 Å². The van der Waals surface area contributed by atoms with Crippen LogP contribution in [0.2, 0.25) is 0 Å². The first-order valence-corrected chi connectivity index (χ1v) is 7.29. The molecule has 1 aromatic heterocycles. The highest BCUT2D eigenvalue weighted by Gasteiger charge is 2.16. The Morgan fingerprint density at radius 3 is 2.68 bits per heavy atom. The largest absolute Gasteiger partial charge is 0.394 e. The molecule has 0 bridgehead atoms. The number of hydrogen-bond acceptors (Lipinski definition) is 4. The van der Waals surface area contributed by atoms with E-state index in [2.05, 4.69) is 4.98 Å². The second kappa shape index (κ2) is 6.05. The summed E-state index contributed by atoms with van der Waals surface area (Å²) in [5, 5.41) is 13.3. The zero-order valence-electron chi connectivity index (χ0n) is 10.5. The Labute approximate surface area is 112 Å². The van der Waals surface area contributed by atoms with Crippen molar-refractivity contribution in [3.05, 3.63) is 49.4 Å². The molecule has 1 aromatic rings. The lowest BCUT2D eigenvalue weighted by atomic mass is 10.4. The van der Waals surface area contributed by atoms with Crippen LogP contribution in [0.25, 0.3) is 0 Å². The lowest BCUT2D eigenvalue weighted by molar-refractivity contribution is 0.0411. The van der Waals surface area contributed by atoms with E-state index in [1.807, 2.05) is 23.0 Å². The molecular formula is C12H16N2O4S. The topological polar surface area (TPSA) is 84.3 Å². The van der Waals surface area contributed by atoms with Crippen molar-refractivity contribution in [2.24, 2.45) is 0 Å². The maximum atomic E-state index is 11.9. The van der Waals surface area contributed by atoms with Gasteiger partial charge in [0.25, 0.3) is 5.56 Å². The molecule has 19 heavy (non-hydrogen) atoms. The van der Waals surface area contributed by atoms with Crippen molar-refractivity contribution >= 4 is 10.9 Å². The lowest BCUT2D eigenvalue weighted by Gasteiger charge is -2.19. The quantitative estimate of drug-likeness (QED) is 0.410. The zero-order valence-corrected chi connectivity index (χ0v) is 11.4. The average Bonchev–Trinajstić information content (AvgIpc) is 2.89. The van der Waals surface area contributed by atoms with Crippen LogP contribution in [0.15, 0.2) is 37.6 Å². The lowest BCUT2D eigenvalue weighted by Crippen LogP contribution is -2.34. The van der Waals surface area contributed by atoms with Crippen LogP contribution in [0.5, 0.6) is 0 Å². The van der Waals surface area contributed by atoms with Gasteiger partial charge in [-0.2, -0.15) is 10.9 Å². The molecule has 7 heteroatoms. The summed E-state index contributed by atoms with van der Waals surface area (Å²) in [6.45, 7) is 1.75. The first-order chi connectivity index (χ1) is 9.15. The van der Waals surface area contributed by atoms with Gasteiger partial charge >= 0.3 is 5.69 Å². The Morgan fingerprint density at radius 2 is 2.05 bits per heavy atom. The van der Waals surface area contributed by atoms with Crippen LogP contribution >= 0.6 is 10.9 Å². The molecule has 0 amide bonds. The van der Waals surface area contributed by atoms with Gasteiger partial charge in [0.05, 0.1) is 18.2 Å². The number of hydrogen-bond donors (Lipinski definition) is 3. The average molecular weight is 284 g/mol. The summed E-state index contributed by atoms with van der Waals surface area (Å²) in [6.07, 6.45) is 3.80. The van der Waals surface area contributed by atoms with Crippen LogP contribution in [0.1, 0.15) is 5.56 Å². The number of ether oxygens (including phenoxy) is 1. The molecule has 0 saturated heterocycles. The molecule has 0 spiro atoms. The molecule has 1 aliphatic heterocycles. The summed E-state index contributed by atoms with van der Waals surface area (Å²) in [4.78, 5) is 25.9. The van der Waals surface area contributed by atoms with Crippen molar-refractivity contribution in [3.63, 3.8) is 0 Å². The van der Waals surface area contributed by atoms with Gasteiger partial charge in [-0.25, -0.2) is 4.79 Å². The Kier molecular flexibility index (Phi) is 4.41. The van der Waals surface area contributed by atoms with E-state index in [0.717, 1.165) is 0 Å². The minimum atomic E-state index is -0.796. The van der Waals surface area contributed by atoms with E-state index in [0.29, 0.717) is 10.6 Å². The Balaban J connectivity index is 2.47. The first-order valence-electron chi connectivity index (χ1n) is 5.81. The molecule has 2 rings (SSSR count). The van der Waals surface area contributed by atoms with Crippen molar-refractivity contribution in [3.8, 4) is 0 Å². The number of nitrogens with zero attached hydrogens (tertiary/aromatic N) is 1. The van der Waals surface area contributed by atoms with Crippen molar-refractivity contribution in [2.45, 2.75) is 18.7 Å². The smallest absolute Gasteiger partial charge is 0.331 e. The first kappa shape index (κ1) is 13.9. The molecular weight excluding hydrogens is 268 g/mol. The summed E-state index contributed by atoms with van der Waals surface area (Å²) in [7, 11) is -0.796. The van der Waals surface area contributed by atoms with E-state index >= 15 is 0 Å². The highest BCUT2D eigenvalue weighted by molar-refractivity contribution is 8.22. The van der Waals surface area contributed by atoms with Gasteiger partial charge in [-0.3, -0.25) is 14.3 Å². The van der Waals surface area contributed by atoms with Crippen molar-refractivity contribution < 1.29 is 9.84 Å². The maximum absolute atomic E-state index is 11.9. The molecule has 0 saturated carbocycles. The Morgan fingerprint density at radius 1 is 1.37 bits per heavy atom. The number of aliphatic hydroxyl groups is 1. The third-order valence-electron chi connectivity index (χ3n) is 2.70. The monoisotopic (exact) mass is 284 g/mol. The number of nitrogens with one attached hydrogen (secondary N) is 1. The molecule has 2 heterocycles. The Bertz CT molecular complexity index is 618. The number of aromatic amines is 1. The van der Waals surface area contributed by atoms with Crippen LogP contribution in [-0.4, -0.2) is 27.9 Å². The van der Waals surface area contributed by atoms with Crippen molar-refractivity contribution in [1.29, 1.82) is 0 Å². The minimum absolute atomic E-state index is 0.0207. The van der Waals surface area contributed by atoms with Crippen molar-refractivity contribution in [1.82, 2.24) is 9.55 Å². The third-order valence-corrected chi connectivity index (χ3v) is 4.75. The standard InChI is InChI=1S/C12H16N2O4S/c1-9-10(16)13-12(17)14(8-18-5-4-15)11(9)19-6-2-3-7-19/h2-3,6-7,15,19H,4-5,8H2,1H3,(H,13,16,17). The normalized spacial score (nSPS) is 15.4. The number of rotatable bonds is 5. The van der Waals surface area contributed by atoms with Gasteiger partial charge in [-0.05, 0) is 17.7 Å².